The van der Waals surface area contributed by atoms with Gasteiger partial charge in [-0.3, -0.25) is 9.59 Å². The average Bonchev–Trinajstić information content (AvgIpc) is 2.75. The topological polar surface area (TPSA) is 67.4 Å². The van der Waals surface area contributed by atoms with Gasteiger partial charge < -0.3 is 15.4 Å². The highest BCUT2D eigenvalue weighted by atomic mass is 19.4. The van der Waals surface area contributed by atoms with Gasteiger partial charge in [0.1, 0.15) is 11.4 Å². The third kappa shape index (κ3) is 6.73. The van der Waals surface area contributed by atoms with Gasteiger partial charge in [-0.05, 0) is 55.0 Å². The van der Waals surface area contributed by atoms with E-state index >= 15 is 0 Å². The van der Waals surface area contributed by atoms with Gasteiger partial charge in [0.15, 0.2) is 0 Å². The Balaban J connectivity index is 1.81. The van der Waals surface area contributed by atoms with Crippen molar-refractivity contribution in [2.75, 3.05) is 5.32 Å². The standard InChI is InChI=1S/C24H19F3N2O3/c1-16-7-9-17(10-8-16)15-21(29-22(30)18-5-3-2-4-6-18)23(31)28-19-11-13-20(14-12-19)32-24(25,26)27/h2-15H,1H3,(H,28,31)(H,29,30)/b21-15-. The van der Waals surface area contributed by atoms with Gasteiger partial charge in [-0.1, -0.05) is 48.0 Å². The van der Waals surface area contributed by atoms with Crippen LogP contribution in [-0.2, 0) is 4.79 Å². The number of carbonyl (C=O) groups is 2. The summed E-state index contributed by atoms with van der Waals surface area (Å²) in [5, 5.41) is 5.16. The van der Waals surface area contributed by atoms with Gasteiger partial charge in [-0.25, -0.2) is 0 Å². The van der Waals surface area contributed by atoms with E-state index in [-0.39, 0.29) is 11.4 Å². The van der Waals surface area contributed by atoms with Crippen molar-refractivity contribution in [2.45, 2.75) is 13.3 Å². The number of ether oxygens (including phenoxy) is 1. The minimum absolute atomic E-state index is 0.0293. The van der Waals surface area contributed by atoms with E-state index < -0.39 is 23.9 Å². The van der Waals surface area contributed by atoms with Gasteiger partial charge in [-0.15, -0.1) is 13.2 Å². The molecule has 0 aromatic heterocycles. The molecule has 0 bridgehead atoms. The molecular weight excluding hydrogens is 421 g/mol. The van der Waals surface area contributed by atoms with Gasteiger partial charge in [0.05, 0.1) is 0 Å². The molecule has 5 nitrogen and oxygen atoms in total. The second kappa shape index (κ2) is 9.82. The first-order valence-electron chi connectivity index (χ1n) is 9.51. The summed E-state index contributed by atoms with van der Waals surface area (Å²) in [7, 11) is 0. The normalized spacial score (nSPS) is 11.6. The lowest BCUT2D eigenvalue weighted by Gasteiger charge is -2.12. The van der Waals surface area contributed by atoms with Crippen molar-refractivity contribution in [3.05, 3.63) is 101 Å². The average molecular weight is 440 g/mol. The van der Waals surface area contributed by atoms with Crippen molar-refractivity contribution in [3.8, 4) is 5.75 Å². The maximum Gasteiger partial charge on any atom is 0.573 e. The van der Waals surface area contributed by atoms with E-state index in [4.69, 9.17) is 0 Å². The quantitative estimate of drug-likeness (QED) is 0.511. The zero-order valence-electron chi connectivity index (χ0n) is 16.9. The molecule has 0 atom stereocenters. The van der Waals surface area contributed by atoms with E-state index in [1.54, 1.807) is 42.5 Å². The molecule has 164 valence electrons. The summed E-state index contributed by atoms with van der Waals surface area (Å²) in [4.78, 5) is 25.4. The molecule has 0 unspecified atom stereocenters. The number of nitrogens with one attached hydrogen (secondary N) is 2. The van der Waals surface area contributed by atoms with Gasteiger partial charge in [0.25, 0.3) is 11.8 Å². The fourth-order valence-electron chi connectivity index (χ4n) is 2.71. The molecule has 0 heterocycles. The van der Waals surface area contributed by atoms with Gasteiger partial charge in [0.2, 0.25) is 0 Å². The minimum Gasteiger partial charge on any atom is -0.406 e. The molecule has 0 radical (unpaired) electrons. The number of amides is 2. The van der Waals surface area contributed by atoms with Crippen molar-refractivity contribution in [1.29, 1.82) is 0 Å². The molecular formula is C24H19F3N2O3. The highest BCUT2D eigenvalue weighted by Crippen LogP contribution is 2.24. The Kier molecular flexibility index (Phi) is 6.94. The van der Waals surface area contributed by atoms with Crippen molar-refractivity contribution in [1.82, 2.24) is 5.32 Å². The first-order valence-corrected chi connectivity index (χ1v) is 9.51. The third-order valence-corrected chi connectivity index (χ3v) is 4.26. The SMILES string of the molecule is Cc1ccc(/C=C(\NC(=O)c2ccccc2)C(=O)Nc2ccc(OC(F)(F)F)cc2)cc1. The Morgan fingerprint density at radius 2 is 1.50 bits per heavy atom. The molecule has 32 heavy (non-hydrogen) atoms. The number of halogens is 3. The summed E-state index contributed by atoms with van der Waals surface area (Å²) in [6, 6.07) is 20.4. The molecule has 0 aliphatic carbocycles. The molecule has 0 spiro atoms. The maximum absolute atomic E-state index is 12.9. The molecule has 0 saturated heterocycles. The molecule has 0 fully saturated rings. The Morgan fingerprint density at radius 3 is 2.09 bits per heavy atom. The second-order valence-corrected chi connectivity index (χ2v) is 6.82. The number of rotatable bonds is 6. The molecule has 2 N–H and O–H groups in total. The van der Waals surface area contributed by atoms with Crippen LogP contribution in [0.4, 0.5) is 18.9 Å². The van der Waals surface area contributed by atoms with E-state index in [1.165, 1.54) is 18.2 Å². The predicted molar refractivity (Wildman–Crippen MR) is 115 cm³/mol. The van der Waals surface area contributed by atoms with Crippen molar-refractivity contribution >= 4 is 23.6 Å². The molecule has 8 heteroatoms. The smallest absolute Gasteiger partial charge is 0.406 e. The Labute approximate surface area is 182 Å². The number of alkyl halides is 3. The first-order chi connectivity index (χ1) is 15.2. The van der Waals surface area contributed by atoms with E-state index in [2.05, 4.69) is 15.4 Å². The van der Waals surface area contributed by atoms with Crippen LogP contribution in [0, 0.1) is 6.92 Å². The van der Waals surface area contributed by atoms with Crippen LogP contribution in [0.25, 0.3) is 6.08 Å². The number of anilines is 1. The van der Waals surface area contributed by atoms with Crippen LogP contribution < -0.4 is 15.4 Å². The fraction of sp³-hybridized carbons (Fsp3) is 0.0833. The summed E-state index contributed by atoms with van der Waals surface area (Å²) in [6.07, 6.45) is -3.30. The van der Waals surface area contributed by atoms with Crippen LogP contribution in [0.3, 0.4) is 0 Å². The second-order valence-electron chi connectivity index (χ2n) is 6.82. The monoisotopic (exact) mass is 440 g/mol. The first kappa shape index (κ1) is 22.6. The highest BCUT2D eigenvalue weighted by molar-refractivity contribution is 6.10. The molecule has 2 amide bonds. The fourth-order valence-corrected chi connectivity index (χ4v) is 2.71. The molecule has 0 aliphatic heterocycles. The van der Waals surface area contributed by atoms with E-state index in [9.17, 15) is 22.8 Å². The molecule has 3 aromatic rings. The molecule has 3 rings (SSSR count). The van der Waals surface area contributed by atoms with Crippen LogP contribution >= 0.6 is 0 Å². The summed E-state index contributed by atoms with van der Waals surface area (Å²) in [5.74, 6) is -1.53. The molecule has 0 saturated carbocycles. The van der Waals surface area contributed by atoms with Crippen LogP contribution in [0.5, 0.6) is 5.75 Å². The number of carbonyl (C=O) groups excluding carboxylic acids is 2. The lowest BCUT2D eigenvalue weighted by Crippen LogP contribution is -2.30. The van der Waals surface area contributed by atoms with Gasteiger partial charge in [0, 0.05) is 11.3 Å². The summed E-state index contributed by atoms with van der Waals surface area (Å²) in [5.41, 5.74) is 2.28. The summed E-state index contributed by atoms with van der Waals surface area (Å²) < 4.78 is 40.8. The lowest BCUT2D eigenvalue weighted by atomic mass is 10.1. The summed E-state index contributed by atoms with van der Waals surface area (Å²) in [6.45, 7) is 1.92. The Bertz CT molecular complexity index is 1110. The van der Waals surface area contributed by atoms with E-state index in [1.807, 2.05) is 19.1 Å². The largest absolute Gasteiger partial charge is 0.573 e. The number of hydrogen-bond donors (Lipinski definition) is 2. The number of aryl methyl sites for hydroxylation is 1. The van der Waals surface area contributed by atoms with Crippen molar-refractivity contribution in [2.24, 2.45) is 0 Å². The van der Waals surface area contributed by atoms with Crippen LogP contribution in [0.15, 0.2) is 84.6 Å². The number of hydrogen-bond acceptors (Lipinski definition) is 3. The zero-order chi connectivity index (χ0) is 23.1. The lowest BCUT2D eigenvalue weighted by molar-refractivity contribution is -0.274. The summed E-state index contributed by atoms with van der Waals surface area (Å²) >= 11 is 0. The van der Waals surface area contributed by atoms with Gasteiger partial charge in [-0.2, -0.15) is 0 Å². The highest BCUT2D eigenvalue weighted by Gasteiger charge is 2.31. The minimum atomic E-state index is -4.81. The Hall–Kier alpha value is -4.07. The van der Waals surface area contributed by atoms with Crippen LogP contribution in [0.2, 0.25) is 0 Å². The van der Waals surface area contributed by atoms with E-state index in [0.717, 1.165) is 17.7 Å². The van der Waals surface area contributed by atoms with Crippen LogP contribution in [-0.4, -0.2) is 18.2 Å². The Morgan fingerprint density at radius 1 is 0.875 bits per heavy atom. The maximum atomic E-state index is 12.9. The van der Waals surface area contributed by atoms with Crippen molar-refractivity contribution in [3.63, 3.8) is 0 Å². The van der Waals surface area contributed by atoms with E-state index in [0.29, 0.717) is 11.1 Å². The van der Waals surface area contributed by atoms with Crippen LogP contribution in [0.1, 0.15) is 21.5 Å². The van der Waals surface area contributed by atoms with Gasteiger partial charge >= 0.3 is 6.36 Å². The predicted octanol–water partition coefficient (Wildman–Crippen LogP) is 5.30. The molecule has 3 aromatic carbocycles. The third-order valence-electron chi connectivity index (χ3n) is 4.26. The number of benzene rings is 3. The zero-order valence-corrected chi connectivity index (χ0v) is 16.9. The van der Waals surface area contributed by atoms with Crippen molar-refractivity contribution < 1.29 is 27.5 Å². The molecule has 0 aliphatic rings.